The monoisotopic (exact) mass is 424 g/mol. The van der Waals surface area contributed by atoms with Gasteiger partial charge in [-0.25, -0.2) is 0 Å². The van der Waals surface area contributed by atoms with Gasteiger partial charge in [-0.15, -0.1) is 0 Å². The van der Waals surface area contributed by atoms with E-state index in [1.165, 1.54) is 39.8 Å². The summed E-state index contributed by atoms with van der Waals surface area (Å²) in [7, 11) is 1.75. The SMILES string of the molecule is COc1cc2c(c(C)c1C)OC(C)(CC/C=C(\C)CC/C=C(\C)CCC=C(C)C)CC2. The van der Waals surface area contributed by atoms with Gasteiger partial charge < -0.3 is 9.47 Å². The van der Waals surface area contributed by atoms with Gasteiger partial charge in [0.1, 0.15) is 17.1 Å². The van der Waals surface area contributed by atoms with Crippen LogP contribution in [0.1, 0.15) is 96.3 Å². The summed E-state index contributed by atoms with van der Waals surface area (Å²) in [5.74, 6) is 2.06. The van der Waals surface area contributed by atoms with Crippen LogP contribution in [0.2, 0.25) is 0 Å². The standard InChI is InChI=1S/C29H44O2/c1-21(2)12-9-13-22(3)14-10-15-23(4)16-11-18-29(7)19-17-26-20-27(30-8)24(5)25(6)28(26)31-29/h12,14,16,20H,9-11,13,15,17-19H2,1-8H3/b22-14+,23-16+. The summed E-state index contributed by atoms with van der Waals surface area (Å²) in [6.07, 6.45) is 16.1. The Hall–Kier alpha value is -1.96. The third-order valence-corrected chi connectivity index (χ3v) is 6.65. The van der Waals surface area contributed by atoms with E-state index in [1.54, 1.807) is 7.11 Å². The Morgan fingerprint density at radius 1 is 0.968 bits per heavy atom. The summed E-state index contributed by atoms with van der Waals surface area (Å²) in [6, 6.07) is 2.16. The number of ether oxygens (including phenoxy) is 2. The molecule has 0 radical (unpaired) electrons. The molecule has 0 saturated carbocycles. The molecule has 0 aromatic heterocycles. The fourth-order valence-electron chi connectivity index (χ4n) is 4.30. The topological polar surface area (TPSA) is 18.5 Å². The minimum atomic E-state index is -0.0863. The summed E-state index contributed by atoms with van der Waals surface area (Å²) >= 11 is 0. The van der Waals surface area contributed by atoms with Crippen LogP contribution in [0.4, 0.5) is 0 Å². The molecule has 1 aromatic carbocycles. The molecule has 0 N–H and O–H groups in total. The smallest absolute Gasteiger partial charge is 0.126 e. The highest BCUT2D eigenvalue weighted by atomic mass is 16.5. The largest absolute Gasteiger partial charge is 0.496 e. The highest BCUT2D eigenvalue weighted by Crippen LogP contribution is 2.42. The molecule has 0 bridgehead atoms. The molecule has 2 nitrogen and oxygen atoms in total. The number of benzene rings is 1. The van der Waals surface area contributed by atoms with Gasteiger partial charge in [0.25, 0.3) is 0 Å². The van der Waals surface area contributed by atoms with Crippen molar-refractivity contribution in [1.82, 2.24) is 0 Å². The summed E-state index contributed by atoms with van der Waals surface area (Å²) in [5.41, 5.74) is 8.02. The average molecular weight is 425 g/mol. The summed E-state index contributed by atoms with van der Waals surface area (Å²) in [6.45, 7) is 15.4. The Bertz CT molecular complexity index is 837. The van der Waals surface area contributed by atoms with Crippen molar-refractivity contribution >= 4 is 0 Å². The Balaban J connectivity index is 1.85. The Morgan fingerprint density at radius 3 is 2.19 bits per heavy atom. The average Bonchev–Trinajstić information content (AvgIpc) is 2.71. The van der Waals surface area contributed by atoms with Crippen LogP contribution in [0, 0.1) is 13.8 Å². The molecule has 1 atom stereocenters. The molecule has 31 heavy (non-hydrogen) atoms. The molecule has 2 heteroatoms. The number of fused-ring (bicyclic) bond motifs is 1. The molecule has 0 spiro atoms. The Labute approximate surface area is 191 Å². The molecule has 0 saturated heterocycles. The second-order valence-corrected chi connectivity index (χ2v) is 9.87. The fourth-order valence-corrected chi connectivity index (χ4v) is 4.30. The molecular formula is C29H44O2. The second kappa shape index (κ2) is 11.6. The minimum Gasteiger partial charge on any atom is -0.496 e. The molecule has 0 amide bonds. The van der Waals surface area contributed by atoms with Crippen molar-refractivity contribution in [3.05, 3.63) is 57.7 Å². The van der Waals surface area contributed by atoms with E-state index in [2.05, 4.69) is 72.8 Å². The van der Waals surface area contributed by atoms with Gasteiger partial charge >= 0.3 is 0 Å². The molecular weight excluding hydrogens is 380 g/mol. The third-order valence-electron chi connectivity index (χ3n) is 6.65. The quantitative estimate of drug-likeness (QED) is 0.350. The van der Waals surface area contributed by atoms with Gasteiger partial charge in [-0.05, 0) is 123 Å². The first kappa shape index (κ1) is 25.3. The van der Waals surface area contributed by atoms with Crippen molar-refractivity contribution in [3.63, 3.8) is 0 Å². The number of allylic oxidation sites excluding steroid dienone is 6. The number of hydrogen-bond acceptors (Lipinski definition) is 2. The lowest BCUT2D eigenvalue weighted by Crippen LogP contribution is -2.36. The van der Waals surface area contributed by atoms with Crippen LogP contribution < -0.4 is 9.47 Å². The van der Waals surface area contributed by atoms with E-state index in [4.69, 9.17) is 9.47 Å². The number of rotatable bonds is 10. The molecule has 1 heterocycles. The van der Waals surface area contributed by atoms with Crippen molar-refractivity contribution in [1.29, 1.82) is 0 Å². The van der Waals surface area contributed by atoms with Gasteiger partial charge in [0.2, 0.25) is 0 Å². The molecule has 2 rings (SSSR count). The van der Waals surface area contributed by atoms with E-state index in [0.29, 0.717) is 0 Å². The van der Waals surface area contributed by atoms with E-state index in [1.807, 2.05) is 0 Å². The predicted molar refractivity (Wildman–Crippen MR) is 134 cm³/mol. The van der Waals surface area contributed by atoms with Crippen LogP contribution in [-0.4, -0.2) is 12.7 Å². The highest BCUT2D eigenvalue weighted by Gasteiger charge is 2.32. The van der Waals surface area contributed by atoms with Gasteiger partial charge in [-0.3, -0.25) is 0 Å². The van der Waals surface area contributed by atoms with Crippen molar-refractivity contribution in [3.8, 4) is 11.5 Å². The summed E-state index contributed by atoms with van der Waals surface area (Å²) in [5, 5.41) is 0. The first-order valence-corrected chi connectivity index (χ1v) is 12.0. The maximum absolute atomic E-state index is 6.58. The van der Waals surface area contributed by atoms with Crippen LogP contribution in [0.25, 0.3) is 0 Å². The molecule has 1 aliphatic rings. The first-order chi connectivity index (χ1) is 14.6. The van der Waals surface area contributed by atoms with Gasteiger partial charge in [-0.1, -0.05) is 34.9 Å². The van der Waals surface area contributed by atoms with E-state index in [9.17, 15) is 0 Å². The highest BCUT2D eigenvalue weighted by molar-refractivity contribution is 5.53. The van der Waals surface area contributed by atoms with Crippen LogP contribution in [0.5, 0.6) is 11.5 Å². The van der Waals surface area contributed by atoms with Crippen molar-refractivity contribution in [2.45, 2.75) is 105 Å². The fraction of sp³-hybridized carbons (Fsp3) is 0.586. The molecule has 1 unspecified atom stereocenters. The number of hydrogen-bond donors (Lipinski definition) is 0. The molecule has 1 aromatic rings. The number of methoxy groups -OCH3 is 1. The predicted octanol–water partition coefficient (Wildman–Crippen LogP) is 8.60. The zero-order valence-corrected chi connectivity index (χ0v) is 21.3. The van der Waals surface area contributed by atoms with E-state index in [0.717, 1.165) is 56.4 Å². The normalized spacial score (nSPS) is 19.0. The van der Waals surface area contributed by atoms with Gasteiger partial charge in [0.15, 0.2) is 0 Å². The van der Waals surface area contributed by atoms with Gasteiger partial charge in [0, 0.05) is 0 Å². The lowest BCUT2D eigenvalue weighted by Gasteiger charge is -2.37. The lowest BCUT2D eigenvalue weighted by atomic mass is 9.86. The van der Waals surface area contributed by atoms with Gasteiger partial charge in [-0.2, -0.15) is 0 Å². The van der Waals surface area contributed by atoms with Crippen LogP contribution in [0.15, 0.2) is 41.0 Å². The summed E-state index contributed by atoms with van der Waals surface area (Å²) in [4.78, 5) is 0. The Morgan fingerprint density at radius 2 is 1.58 bits per heavy atom. The van der Waals surface area contributed by atoms with Crippen molar-refractivity contribution in [2.75, 3.05) is 7.11 Å². The van der Waals surface area contributed by atoms with Crippen molar-refractivity contribution < 1.29 is 9.47 Å². The Kier molecular flexibility index (Phi) is 9.47. The van der Waals surface area contributed by atoms with E-state index < -0.39 is 0 Å². The zero-order chi connectivity index (χ0) is 23.0. The maximum Gasteiger partial charge on any atom is 0.126 e. The van der Waals surface area contributed by atoms with Gasteiger partial charge in [0.05, 0.1) is 7.11 Å². The third kappa shape index (κ3) is 7.59. The first-order valence-electron chi connectivity index (χ1n) is 12.0. The van der Waals surface area contributed by atoms with E-state index in [-0.39, 0.29) is 5.60 Å². The van der Waals surface area contributed by atoms with Crippen molar-refractivity contribution in [2.24, 2.45) is 0 Å². The lowest BCUT2D eigenvalue weighted by molar-refractivity contribution is 0.0561. The van der Waals surface area contributed by atoms with Crippen LogP contribution >= 0.6 is 0 Å². The molecule has 0 fully saturated rings. The van der Waals surface area contributed by atoms with Crippen LogP contribution in [0.3, 0.4) is 0 Å². The van der Waals surface area contributed by atoms with Crippen LogP contribution in [-0.2, 0) is 6.42 Å². The number of aryl methyl sites for hydroxylation is 1. The molecule has 0 aliphatic carbocycles. The van der Waals surface area contributed by atoms with E-state index >= 15 is 0 Å². The second-order valence-electron chi connectivity index (χ2n) is 9.87. The minimum absolute atomic E-state index is 0.0863. The molecule has 172 valence electrons. The molecule has 1 aliphatic heterocycles. The summed E-state index contributed by atoms with van der Waals surface area (Å²) < 4.78 is 12.1. The maximum atomic E-state index is 6.58. The zero-order valence-electron chi connectivity index (χ0n) is 21.3.